The minimum atomic E-state index is -0.645. The molecule has 2 aromatic carbocycles. The first-order valence-corrected chi connectivity index (χ1v) is 11.7. The van der Waals surface area contributed by atoms with Gasteiger partial charge in [-0.2, -0.15) is 5.26 Å². The average Bonchev–Trinajstić information content (AvgIpc) is 3.63. The summed E-state index contributed by atoms with van der Waals surface area (Å²) in [7, 11) is 0. The van der Waals surface area contributed by atoms with Crippen LogP contribution in [0.5, 0.6) is 5.88 Å². The molecular formula is C26H20FN7O4. The van der Waals surface area contributed by atoms with Crippen molar-refractivity contribution in [2.24, 2.45) is 0 Å². The second-order valence-electron chi connectivity index (χ2n) is 8.85. The fourth-order valence-electron chi connectivity index (χ4n) is 4.53. The van der Waals surface area contributed by atoms with Gasteiger partial charge in [0.1, 0.15) is 25.0 Å². The van der Waals surface area contributed by atoms with Gasteiger partial charge in [-0.25, -0.2) is 19.2 Å². The number of halogens is 1. The van der Waals surface area contributed by atoms with E-state index in [0.717, 1.165) is 11.3 Å². The number of nitriles is 1. The highest BCUT2D eigenvalue weighted by molar-refractivity contribution is 5.81. The standard InChI is InChI=1S/C26H20FN7O4/c27-19-7-15(9-28)1-2-18(19)13-37-24-6-4-17-10-33(11-21(17)30-24)12-23-29-20-5-3-16(8-22(20)34(23)14-35)25-31-26(36)38-32-25/h1-8,35H,10-14H2,(H,31,32,36). The predicted molar refractivity (Wildman–Crippen MR) is 131 cm³/mol. The minimum absolute atomic E-state index is 0.00220. The lowest BCUT2D eigenvalue weighted by Gasteiger charge is -2.14. The van der Waals surface area contributed by atoms with E-state index in [0.29, 0.717) is 59.3 Å². The highest BCUT2D eigenvalue weighted by Crippen LogP contribution is 2.28. The van der Waals surface area contributed by atoms with Crippen LogP contribution in [0.3, 0.4) is 0 Å². The molecular weight excluding hydrogens is 493 g/mol. The van der Waals surface area contributed by atoms with Gasteiger partial charge in [0.2, 0.25) is 5.88 Å². The van der Waals surface area contributed by atoms with E-state index in [1.807, 2.05) is 12.1 Å². The number of pyridine rings is 1. The van der Waals surface area contributed by atoms with E-state index < -0.39 is 11.6 Å². The van der Waals surface area contributed by atoms with Gasteiger partial charge in [0, 0.05) is 30.3 Å². The van der Waals surface area contributed by atoms with E-state index in [9.17, 15) is 14.3 Å². The van der Waals surface area contributed by atoms with Gasteiger partial charge >= 0.3 is 5.76 Å². The third-order valence-corrected chi connectivity index (χ3v) is 6.42. The fourth-order valence-corrected chi connectivity index (χ4v) is 4.53. The quantitative estimate of drug-likeness (QED) is 0.335. The lowest BCUT2D eigenvalue weighted by molar-refractivity contribution is 0.198. The number of aliphatic hydroxyl groups is 1. The van der Waals surface area contributed by atoms with Crippen LogP contribution in [0.25, 0.3) is 22.4 Å². The normalized spacial score (nSPS) is 13.1. The number of imidazole rings is 1. The summed E-state index contributed by atoms with van der Waals surface area (Å²) in [6.07, 6.45) is 0. The van der Waals surface area contributed by atoms with Gasteiger partial charge in [-0.15, -0.1) is 0 Å². The van der Waals surface area contributed by atoms with Crippen LogP contribution in [0.1, 0.15) is 28.2 Å². The van der Waals surface area contributed by atoms with Crippen LogP contribution in [-0.2, 0) is 33.0 Å². The lowest BCUT2D eigenvalue weighted by Crippen LogP contribution is -2.19. The van der Waals surface area contributed by atoms with Crippen LogP contribution >= 0.6 is 0 Å². The Balaban J connectivity index is 1.17. The highest BCUT2D eigenvalue weighted by Gasteiger charge is 2.23. The Hall–Kier alpha value is -4.86. The maximum absolute atomic E-state index is 14.2. The summed E-state index contributed by atoms with van der Waals surface area (Å²) < 4.78 is 26.2. The molecule has 2 N–H and O–H groups in total. The van der Waals surface area contributed by atoms with Gasteiger partial charge in [0.25, 0.3) is 0 Å². The highest BCUT2D eigenvalue weighted by atomic mass is 19.1. The molecule has 0 saturated heterocycles. The van der Waals surface area contributed by atoms with Crippen LogP contribution in [0.15, 0.2) is 57.8 Å². The number of aromatic amines is 1. The summed E-state index contributed by atoms with van der Waals surface area (Å²) in [6, 6.07) is 15.2. The number of fused-ring (bicyclic) bond motifs is 2. The SMILES string of the molecule is N#Cc1ccc(COc2ccc3c(n2)CN(Cc2nc4ccc(-c5noc(=O)[nH]5)cc4n2CO)C3)c(F)c1. The number of nitrogens with one attached hydrogen (secondary N) is 1. The second kappa shape index (κ2) is 9.55. The van der Waals surface area contributed by atoms with Crippen LogP contribution in [0.4, 0.5) is 4.39 Å². The molecule has 12 heteroatoms. The Morgan fingerprint density at radius 3 is 2.82 bits per heavy atom. The number of aromatic nitrogens is 5. The summed E-state index contributed by atoms with van der Waals surface area (Å²) in [5, 5.41) is 22.7. The Bertz CT molecular complexity index is 1770. The van der Waals surface area contributed by atoms with Crippen molar-refractivity contribution in [1.82, 2.24) is 29.6 Å². The van der Waals surface area contributed by atoms with E-state index in [-0.39, 0.29) is 18.9 Å². The largest absolute Gasteiger partial charge is 0.473 e. The number of nitrogens with zero attached hydrogens (tertiary/aromatic N) is 6. The van der Waals surface area contributed by atoms with E-state index in [2.05, 4.69) is 24.5 Å². The van der Waals surface area contributed by atoms with E-state index >= 15 is 0 Å². The molecule has 0 saturated carbocycles. The van der Waals surface area contributed by atoms with Crippen LogP contribution in [0.2, 0.25) is 0 Å². The predicted octanol–water partition coefficient (Wildman–Crippen LogP) is 2.83. The Morgan fingerprint density at radius 2 is 2.05 bits per heavy atom. The van der Waals surface area contributed by atoms with Gasteiger partial charge in [-0.3, -0.25) is 14.4 Å². The molecule has 0 bridgehead atoms. The molecule has 190 valence electrons. The van der Waals surface area contributed by atoms with Crippen molar-refractivity contribution in [1.29, 1.82) is 5.26 Å². The van der Waals surface area contributed by atoms with Gasteiger partial charge in [-0.1, -0.05) is 17.3 Å². The molecule has 3 aromatic heterocycles. The number of H-pyrrole nitrogens is 1. The zero-order valence-electron chi connectivity index (χ0n) is 19.9. The number of benzene rings is 2. The fraction of sp³-hybridized carbons (Fsp3) is 0.192. The summed E-state index contributed by atoms with van der Waals surface area (Å²) in [5.41, 5.74) is 4.53. The minimum Gasteiger partial charge on any atom is -0.473 e. The summed E-state index contributed by atoms with van der Waals surface area (Å²) >= 11 is 0. The summed E-state index contributed by atoms with van der Waals surface area (Å²) in [4.78, 5) is 25.3. The zero-order valence-corrected chi connectivity index (χ0v) is 19.9. The van der Waals surface area contributed by atoms with E-state index in [1.54, 1.807) is 34.9 Å². The number of rotatable bonds is 7. The molecule has 0 fully saturated rings. The molecule has 38 heavy (non-hydrogen) atoms. The van der Waals surface area contributed by atoms with Gasteiger partial charge < -0.3 is 14.4 Å². The maximum atomic E-state index is 14.2. The zero-order chi connectivity index (χ0) is 26.2. The molecule has 4 heterocycles. The molecule has 11 nitrogen and oxygen atoms in total. The molecule has 0 amide bonds. The monoisotopic (exact) mass is 513 g/mol. The molecule has 6 rings (SSSR count). The van der Waals surface area contributed by atoms with Crippen molar-refractivity contribution in [3.05, 3.63) is 93.1 Å². The van der Waals surface area contributed by atoms with Gasteiger partial charge in [0.15, 0.2) is 5.82 Å². The summed E-state index contributed by atoms with van der Waals surface area (Å²) in [5.74, 6) is 0.215. The molecule has 0 atom stereocenters. The summed E-state index contributed by atoms with van der Waals surface area (Å²) in [6.45, 7) is 1.39. The molecule has 0 aliphatic carbocycles. The number of hydrogen-bond acceptors (Lipinski definition) is 9. The topological polar surface area (TPSA) is 146 Å². The second-order valence-corrected chi connectivity index (χ2v) is 8.85. The third-order valence-electron chi connectivity index (χ3n) is 6.42. The number of hydrogen-bond donors (Lipinski definition) is 2. The average molecular weight is 513 g/mol. The lowest BCUT2D eigenvalue weighted by atomic mass is 10.1. The van der Waals surface area contributed by atoms with Crippen molar-refractivity contribution in [3.63, 3.8) is 0 Å². The van der Waals surface area contributed by atoms with Crippen LogP contribution < -0.4 is 10.5 Å². The molecule has 0 unspecified atom stereocenters. The molecule has 1 aliphatic heterocycles. The number of ether oxygens (including phenoxy) is 1. The van der Waals surface area contributed by atoms with Crippen molar-refractivity contribution in [2.75, 3.05) is 0 Å². The Kier molecular flexibility index (Phi) is 5.91. The van der Waals surface area contributed by atoms with Crippen molar-refractivity contribution < 1.29 is 18.8 Å². The first-order valence-electron chi connectivity index (χ1n) is 11.7. The maximum Gasteiger partial charge on any atom is 0.439 e. The van der Waals surface area contributed by atoms with E-state index in [4.69, 9.17) is 15.0 Å². The van der Waals surface area contributed by atoms with Crippen molar-refractivity contribution in [3.8, 4) is 23.3 Å². The molecule has 0 radical (unpaired) electrons. The smallest absolute Gasteiger partial charge is 0.439 e. The van der Waals surface area contributed by atoms with Crippen molar-refractivity contribution in [2.45, 2.75) is 33.0 Å². The molecule has 1 aliphatic rings. The van der Waals surface area contributed by atoms with Gasteiger partial charge in [0.05, 0.1) is 34.9 Å². The van der Waals surface area contributed by atoms with Crippen LogP contribution in [0, 0.1) is 17.1 Å². The Morgan fingerprint density at radius 1 is 1.16 bits per heavy atom. The third kappa shape index (κ3) is 4.40. The molecule has 0 spiro atoms. The van der Waals surface area contributed by atoms with Crippen LogP contribution in [-0.4, -0.2) is 34.7 Å². The van der Waals surface area contributed by atoms with Gasteiger partial charge in [-0.05, 0) is 35.9 Å². The van der Waals surface area contributed by atoms with E-state index in [1.165, 1.54) is 12.1 Å². The Labute approximate surface area is 214 Å². The molecule has 5 aromatic rings. The first kappa shape index (κ1) is 23.5. The van der Waals surface area contributed by atoms with Crippen molar-refractivity contribution >= 4 is 11.0 Å². The number of aliphatic hydroxyl groups excluding tert-OH is 1. The first-order chi connectivity index (χ1) is 18.5.